The smallest absolute Gasteiger partial charge is 0.359 e. The Morgan fingerprint density at radius 2 is 2.20 bits per heavy atom. The molecule has 0 N–H and O–H groups in total. The lowest BCUT2D eigenvalue weighted by molar-refractivity contribution is -0.136. The number of alkyl halides is 3. The molecule has 0 aromatic heterocycles. The molecule has 0 saturated carbocycles. The minimum absolute atomic E-state index is 0.162. The molecule has 15 heavy (non-hydrogen) atoms. The molecule has 88 valence electrons. The first-order chi connectivity index (χ1) is 6.90. The van der Waals surface area contributed by atoms with E-state index >= 15 is 0 Å². The molecule has 1 rings (SSSR count). The molecule has 0 atom stereocenters. The number of amides is 2. The summed E-state index contributed by atoms with van der Waals surface area (Å²) in [6.45, 7) is 0.724. The predicted molar refractivity (Wildman–Crippen MR) is 46.2 cm³/mol. The number of ether oxygens (including phenoxy) is 1. The van der Waals surface area contributed by atoms with Crippen LogP contribution in [0.4, 0.5) is 18.0 Å². The highest BCUT2D eigenvalue weighted by molar-refractivity contribution is 5.74. The van der Waals surface area contributed by atoms with Crippen molar-refractivity contribution in [3.8, 4) is 0 Å². The number of nitrogens with zero attached hydrogens (tertiary/aromatic N) is 2. The van der Waals surface area contributed by atoms with Crippen LogP contribution in [0.5, 0.6) is 0 Å². The number of carbonyl (C=O) groups excluding carboxylic acids is 1. The van der Waals surface area contributed by atoms with Crippen molar-refractivity contribution in [2.75, 3.05) is 33.5 Å². The lowest BCUT2D eigenvalue weighted by Crippen LogP contribution is -2.41. The van der Waals surface area contributed by atoms with Crippen molar-refractivity contribution >= 4 is 6.03 Å². The summed E-state index contributed by atoms with van der Waals surface area (Å²) >= 11 is 0. The van der Waals surface area contributed by atoms with Crippen molar-refractivity contribution in [3.05, 3.63) is 0 Å². The first-order valence-electron chi connectivity index (χ1n) is 4.55. The Morgan fingerprint density at radius 3 is 2.67 bits per heavy atom. The van der Waals surface area contributed by atoms with Crippen LogP contribution < -0.4 is 0 Å². The zero-order valence-electron chi connectivity index (χ0n) is 8.38. The molecule has 0 radical (unpaired) electrons. The average molecular weight is 226 g/mol. The van der Waals surface area contributed by atoms with Crippen molar-refractivity contribution in [1.82, 2.24) is 9.80 Å². The maximum absolute atomic E-state index is 11.9. The van der Waals surface area contributed by atoms with Crippen molar-refractivity contribution < 1.29 is 22.7 Å². The minimum atomic E-state index is -4.23. The van der Waals surface area contributed by atoms with E-state index < -0.39 is 18.6 Å². The molecule has 0 aromatic rings. The van der Waals surface area contributed by atoms with E-state index in [0.29, 0.717) is 13.2 Å². The second-order valence-corrected chi connectivity index (χ2v) is 3.37. The number of halogens is 3. The Hall–Kier alpha value is -0.980. The van der Waals surface area contributed by atoms with Gasteiger partial charge in [-0.25, -0.2) is 4.79 Å². The van der Waals surface area contributed by atoms with Crippen molar-refractivity contribution in [2.24, 2.45) is 0 Å². The van der Waals surface area contributed by atoms with Crippen LogP contribution >= 0.6 is 0 Å². The number of urea groups is 1. The summed E-state index contributed by atoms with van der Waals surface area (Å²) in [5.41, 5.74) is 0. The van der Waals surface area contributed by atoms with Gasteiger partial charge in [0.2, 0.25) is 0 Å². The Morgan fingerprint density at radius 1 is 1.53 bits per heavy atom. The highest BCUT2D eigenvalue weighted by Gasteiger charge is 2.29. The molecule has 1 aliphatic heterocycles. The van der Waals surface area contributed by atoms with Gasteiger partial charge in [-0.15, -0.1) is 0 Å². The topological polar surface area (TPSA) is 32.8 Å². The molecule has 1 aliphatic rings. The molecule has 1 fully saturated rings. The molecular weight excluding hydrogens is 213 g/mol. The SMILES string of the molecule is CN(CCC(F)(F)F)C(=O)N1CCOC1. The van der Waals surface area contributed by atoms with Gasteiger partial charge in [-0.05, 0) is 0 Å². The number of carbonyl (C=O) groups is 1. The normalized spacial score (nSPS) is 16.9. The Labute approximate surface area is 85.6 Å². The van der Waals surface area contributed by atoms with Gasteiger partial charge in [0.15, 0.2) is 0 Å². The monoisotopic (exact) mass is 226 g/mol. The van der Waals surface area contributed by atoms with Crippen LogP contribution in [-0.4, -0.2) is 55.5 Å². The molecule has 7 heteroatoms. The maximum atomic E-state index is 11.9. The third-order valence-electron chi connectivity index (χ3n) is 2.08. The fourth-order valence-electron chi connectivity index (χ4n) is 1.20. The Bertz CT molecular complexity index is 226. The standard InChI is InChI=1S/C8H13F3N2O2/c1-12(3-2-8(9,10)11)7(14)13-4-5-15-6-13/h2-6H2,1H3. The first-order valence-corrected chi connectivity index (χ1v) is 4.55. The van der Waals surface area contributed by atoms with Crippen LogP contribution in [0.2, 0.25) is 0 Å². The summed E-state index contributed by atoms with van der Waals surface area (Å²) in [7, 11) is 1.35. The molecule has 0 bridgehead atoms. The van der Waals surface area contributed by atoms with Gasteiger partial charge in [-0.1, -0.05) is 0 Å². The van der Waals surface area contributed by atoms with Gasteiger partial charge >= 0.3 is 12.2 Å². The van der Waals surface area contributed by atoms with Crippen LogP contribution in [0.3, 0.4) is 0 Å². The van der Waals surface area contributed by atoms with E-state index in [2.05, 4.69) is 0 Å². The van der Waals surface area contributed by atoms with Crippen LogP contribution in [0.1, 0.15) is 6.42 Å². The third kappa shape index (κ3) is 3.94. The third-order valence-corrected chi connectivity index (χ3v) is 2.08. The molecule has 2 amide bonds. The number of rotatable bonds is 2. The summed E-state index contributed by atoms with van der Waals surface area (Å²) < 4.78 is 40.6. The van der Waals surface area contributed by atoms with Gasteiger partial charge in [0.1, 0.15) is 6.73 Å². The predicted octanol–water partition coefficient (Wildman–Crippen LogP) is 1.28. The zero-order chi connectivity index (χ0) is 11.5. The quantitative estimate of drug-likeness (QED) is 0.710. The maximum Gasteiger partial charge on any atom is 0.390 e. The summed E-state index contributed by atoms with van der Waals surface area (Å²) in [4.78, 5) is 13.9. The second-order valence-electron chi connectivity index (χ2n) is 3.37. The summed E-state index contributed by atoms with van der Waals surface area (Å²) in [6, 6.07) is -0.420. The minimum Gasteiger partial charge on any atom is -0.359 e. The van der Waals surface area contributed by atoms with Crippen LogP contribution in [0, 0.1) is 0 Å². The molecular formula is C8H13F3N2O2. The second kappa shape index (κ2) is 4.69. The Kier molecular flexibility index (Phi) is 3.78. The summed E-state index contributed by atoms with van der Waals surface area (Å²) in [5.74, 6) is 0. The van der Waals surface area contributed by atoms with E-state index in [4.69, 9.17) is 4.74 Å². The van der Waals surface area contributed by atoms with Crippen LogP contribution in [0.15, 0.2) is 0 Å². The highest BCUT2D eigenvalue weighted by Crippen LogP contribution is 2.19. The lowest BCUT2D eigenvalue weighted by Gasteiger charge is -2.23. The molecule has 0 aromatic carbocycles. The molecule has 0 spiro atoms. The van der Waals surface area contributed by atoms with E-state index in [9.17, 15) is 18.0 Å². The van der Waals surface area contributed by atoms with Gasteiger partial charge in [0.25, 0.3) is 0 Å². The van der Waals surface area contributed by atoms with Crippen molar-refractivity contribution in [3.63, 3.8) is 0 Å². The zero-order valence-corrected chi connectivity index (χ0v) is 8.38. The number of hydrogen-bond acceptors (Lipinski definition) is 2. The average Bonchev–Trinajstić information content (AvgIpc) is 2.64. The van der Waals surface area contributed by atoms with E-state index in [1.54, 1.807) is 0 Å². The van der Waals surface area contributed by atoms with E-state index in [1.165, 1.54) is 11.9 Å². The molecule has 0 unspecified atom stereocenters. The highest BCUT2D eigenvalue weighted by atomic mass is 19.4. The molecule has 1 heterocycles. The summed E-state index contributed by atoms with van der Waals surface area (Å²) in [5, 5.41) is 0. The fourth-order valence-corrected chi connectivity index (χ4v) is 1.20. The van der Waals surface area contributed by atoms with Crippen molar-refractivity contribution in [1.29, 1.82) is 0 Å². The Balaban J connectivity index is 2.32. The van der Waals surface area contributed by atoms with E-state index in [0.717, 1.165) is 4.90 Å². The summed E-state index contributed by atoms with van der Waals surface area (Å²) in [6.07, 6.45) is -5.21. The first kappa shape index (κ1) is 12.1. The van der Waals surface area contributed by atoms with Crippen LogP contribution in [0.25, 0.3) is 0 Å². The van der Waals surface area contributed by atoms with Gasteiger partial charge in [0.05, 0.1) is 13.0 Å². The van der Waals surface area contributed by atoms with Gasteiger partial charge in [0, 0.05) is 20.1 Å². The molecule has 1 saturated heterocycles. The largest absolute Gasteiger partial charge is 0.390 e. The van der Waals surface area contributed by atoms with E-state index in [1.807, 2.05) is 0 Å². The van der Waals surface area contributed by atoms with Gasteiger partial charge < -0.3 is 9.64 Å². The van der Waals surface area contributed by atoms with E-state index in [-0.39, 0.29) is 13.3 Å². The molecule has 0 aliphatic carbocycles. The fraction of sp³-hybridized carbons (Fsp3) is 0.875. The number of hydrogen-bond donors (Lipinski definition) is 0. The molecule has 4 nitrogen and oxygen atoms in total. The van der Waals surface area contributed by atoms with Crippen LogP contribution in [-0.2, 0) is 4.74 Å². The lowest BCUT2D eigenvalue weighted by atomic mass is 10.4. The van der Waals surface area contributed by atoms with Crippen molar-refractivity contribution in [2.45, 2.75) is 12.6 Å². The van der Waals surface area contributed by atoms with Gasteiger partial charge in [-0.3, -0.25) is 4.90 Å². The van der Waals surface area contributed by atoms with Gasteiger partial charge in [-0.2, -0.15) is 13.2 Å².